The summed E-state index contributed by atoms with van der Waals surface area (Å²) in [6, 6.07) is 0. The fourth-order valence-corrected chi connectivity index (χ4v) is 0.310. The lowest BCUT2D eigenvalue weighted by Crippen LogP contribution is -1.89. The van der Waals surface area contributed by atoms with Gasteiger partial charge in [0.25, 0.3) is 0 Å². The Morgan fingerprint density at radius 1 is 1.56 bits per heavy atom. The number of allylic oxidation sites excluding steroid dienone is 1. The Kier molecular flexibility index (Phi) is 3.76. The minimum atomic E-state index is 0.564. The molecule has 0 saturated heterocycles. The van der Waals surface area contributed by atoms with Gasteiger partial charge in [-0.3, -0.25) is 0 Å². The third-order valence-corrected chi connectivity index (χ3v) is 1.27. The first kappa shape index (κ1) is 8.21. The van der Waals surface area contributed by atoms with Gasteiger partial charge in [-0.1, -0.05) is 19.4 Å². The van der Waals surface area contributed by atoms with Crippen molar-refractivity contribution in [3.05, 3.63) is 11.8 Å². The average molecular weight is 126 g/mol. The molecule has 0 amide bonds. The van der Waals surface area contributed by atoms with Crippen LogP contribution in [0.4, 0.5) is 0 Å². The lowest BCUT2D eigenvalue weighted by atomic mass is 10.1. The van der Waals surface area contributed by atoms with Crippen LogP contribution in [-0.2, 0) is 0 Å². The predicted octanol–water partition coefficient (Wildman–Crippen LogP) is 1.53. The second kappa shape index (κ2) is 4.13. The van der Waals surface area contributed by atoms with Gasteiger partial charge in [0.05, 0.1) is 6.34 Å². The maximum atomic E-state index is 5.04. The summed E-state index contributed by atoms with van der Waals surface area (Å²) in [5, 5.41) is 0. The molecule has 0 unspecified atom stereocenters. The lowest BCUT2D eigenvalue weighted by Gasteiger charge is -2.00. The molecular formula is C7H14N2. The van der Waals surface area contributed by atoms with Crippen LogP contribution in [0.3, 0.4) is 0 Å². The molecule has 0 spiro atoms. The Bertz CT molecular complexity index is 123. The van der Waals surface area contributed by atoms with Crippen molar-refractivity contribution in [3.8, 4) is 0 Å². The van der Waals surface area contributed by atoms with Gasteiger partial charge >= 0.3 is 0 Å². The molecule has 0 atom stereocenters. The van der Waals surface area contributed by atoms with E-state index >= 15 is 0 Å². The van der Waals surface area contributed by atoms with E-state index in [9.17, 15) is 0 Å². The zero-order chi connectivity index (χ0) is 7.28. The molecular weight excluding hydrogens is 112 g/mol. The highest BCUT2D eigenvalue weighted by Crippen LogP contribution is 2.06. The molecule has 0 aliphatic rings. The number of rotatable bonds is 2. The van der Waals surface area contributed by atoms with E-state index in [1.165, 1.54) is 11.9 Å². The van der Waals surface area contributed by atoms with Crippen LogP contribution in [0.15, 0.2) is 16.8 Å². The Balaban J connectivity index is 3.84. The van der Waals surface area contributed by atoms with Crippen molar-refractivity contribution in [3.63, 3.8) is 0 Å². The molecule has 0 heterocycles. The first-order valence-electron chi connectivity index (χ1n) is 3.08. The van der Waals surface area contributed by atoms with E-state index in [4.69, 9.17) is 5.73 Å². The lowest BCUT2D eigenvalue weighted by molar-refractivity contribution is 0.766. The second-order valence-electron chi connectivity index (χ2n) is 2.33. The number of hydrogen-bond acceptors (Lipinski definition) is 1. The summed E-state index contributed by atoms with van der Waals surface area (Å²) in [6.07, 6.45) is 3.08. The summed E-state index contributed by atoms with van der Waals surface area (Å²) in [4.78, 5) is 3.78. The molecule has 0 radical (unpaired) electrons. The fraction of sp³-hybridized carbons (Fsp3) is 0.571. The van der Waals surface area contributed by atoms with E-state index in [0.717, 1.165) is 0 Å². The second-order valence-corrected chi connectivity index (χ2v) is 2.33. The van der Waals surface area contributed by atoms with Crippen LogP contribution in [0, 0.1) is 5.92 Å². The SMILES string of the molecule is C/C(=C/N=CN)C(C)C. The summed E-state index contributed by atoms with van der Waals surface area (Å²) >= 11 is 0. The zero-order valence-electron chi connectivity index (χ0n) is 6.26. The zero-order valence-corrected chi connectivity index (χ0v) is 6.26. The minimum absolute atomic E-state index is 0.564. The minimum Gasteiger partial charge on any atom is -0.390 e. The molecule has 0 aromatic carbocycles. The Morgan fingerprint density at radius 3 is 2.44 bits per heavy atom. The van der Waals surface area contributed by atoms with Gasteiger partial charge in [-0.15, -0.1) is 0 Å². The molecule has 0 aliphatic carbocycles. The third-order valence-electron chi connectivity index (χ3n) is 1.27. The molecule has 2 heteroatoms. The molecule has 52 valence electrons. The highest BCUT2D eigenvalue weighted by molar-refractivity contribution is 5.52. The molecule has 0 aromatic heterocycles. The molecule has 2 N–H and O–H groups in total. The summed E-state index contributed by atoms with van der Waals surface area (Å²) in [5.41, 5.74) is 6.29. The summed E-state index contributed by atoms with van der Waals surface area (Å²) in [6.45, 7) is 6.29. The first-order chi connectivity index (χ1) is 4.18. The summed E-state index contributed by atoms with van der Waals surface area (Å²) in [7, 11) is 0. The summed E-state index contributed by atoms with van der Waals surface area (Å²) < 4.78 is 0. The topological polar surface area (TPSA) is 38.4 Å². The van der Waals surface area contributed by atoms with Crippen LogP contribution in [0.25, 0.3) is 0 Å². The summed E-state index contributed by atoms with van der Waals surface area (Å²) in [5.74, 6) is 0.564. The van der Waals surface area contributed by atoms with Gasteiger partial charge in [-0.2, -0.15) is 0 Å². The maximum absolute atomic E-state index is 5.04. The number of hydrogen-bond donors (Lipinski definition) is 1. The molecule has 2 nitrogen and oxygen atoms in total. The van der Waals surface area contributed by atoms with E-state index in [1.54, 1.807) is 6.20 Å². The van der Waals surface area contributed by atoms with Crippen LogP contribution in [0.2, 0.25) is 0 Å². The van der Waals surface area contributed by atoms with Crippen molar-refractivity contribution in [1.29, 1.82) is 0 Å². The van der Waals surface area contributed by atoms with Crippen molar-refractivity contribution in [2.24, 2.45) is 16.6 Å². The molecule has 0 aliphatic heterocycles. The van der Waals surface area contributed by atoms with Gasteiger partial charge in [-0.25, -0.2) is 4.99 Å². The smallest absolute Gasteiger partial charge is 0.0852 e. The Morgan fingerprint density at radius 2 is 2.11 bits per heavy atom. The largest absolute Gasteiger partial charge is 0.390 e. The Hall–Kier alpha value is -0.790. The van der Waals surface area contributed by atoms with Crippen LogP contribution in [-0.4, -0.2) is 6.34 Å². The molecule has 0 bridgehead atoms. The normalized spacial score (nSPS) is 13.6. The average Bonchev–Trinajstić information content (AvgIpc) is 1.82. The highest BCUT2D eigenvalue weighted by atomic mass is 14.8. The fourth-order valence-electron chi connectivity index (χ4n) is 0.310. The van der Waals surface area contributed by atoms with Crippen LogP contribution < -0.4 is 5.73 Å². The quantitative estimate of drug-likeness (QED) is 0.442. The first-order valence-corrected chi connectivity index (χ1v) is 3.08. The van der Waals surface area contributed by atoms with E-state index in [-0.39, 0.29) is 0 Å². The van der Waals surface area contributed by atoms with Crippen molar-refractivity contribution in [2.75, 3.05) is 0 Å². The van der Waals surface area contributed by atoms with Gasteiger partial charge in [0, 0.05) is 6.20 Å². The van der Waals surface area contributed by atoms with Gasteiger partial charge in [-0.05, 0) is 12.8 Å². The number of nitrogens with zero attached hydrogens (tertiary/aromatic N) is 1. The van der Waals surface area contributed by atoms with E-state index in [1.807, 2.05) is 6.92 Å². The molecule has 0 fully saturated rings. The maximum Gasteiger partial charge on any atom is 0.0852 e. The van der Waals surface area contributed by atoms with Crippen molar-refractivity contribution >= 4 is 6.34 Å². The van der Waals surface area contributed by atoms with Crippen LogP contribution >= 0.6 is 0 Å². The van der Waals surface area contributed by atoms with Crippen molar-refractivity contribution in [1.82, 2.24) is 0 Å². The monoisotopic (exact) mass is 126 g/mol. The van der Waals surface area contributed by atoms with Crippen molar-refractivity contribution < 1.29 is 0 Å². The van der Waals surface area contributed by atoms with Crippen molar-refractivity contribution in [2.45, 2.75) is 20.8 Å². The molecule has 0 saturated carbocycles. The predicted molar refractivity (Wildman–Crippen MR) is 41.3 cm³/mol. The third kappa shape index (κ3) is 3.76. The van der Waals surface area contributed by atoms with Gasteiger partial charge < -0.3 is 5.73 Å². The van der Waals surface area contributed by atoms with Crippen LogP contribution in [0.1, 0.15) is 20.8 Å². The number of nitrogens with two attached hydrogens (primary N) is 1. The van der Waals surface area contributed by atoms with E-state index in [2.05, 4.69) is 18.8 Å². The van der Waals surface area contributed by atoms with E-state index in [0.29, 0.717) is 5.92 Å². The number of aliphatic imine (C=N–C) groups is 1. The molecule has 0 rings (SSSR count). The van der Waals surface area contributed by atoms with Gasteiger partial charge in [0.2, 0.25) is 0 Å². The van der Waals surface area contributed by atoms with Gasteiger partial charge in [0.1, 0.15) is 0 Å². The van der Waals surface area contributed by atoms with Gasteiger partial charge in [0.15, 0.2) is 0 Å². The molecule has 0 aromatic rings. The standard InChI is InChI=1S/C7H14N2/c1-6(2)7(3)4-9-5-8/h4-6H,1-3H3,(H2,8,9)/b7-4-. The Labute approximate surface area is 56.5 Å². The highest BCUT2D eigenvalue weighted by Gasteiger charge is 1.92. The van der Waals surface area contributed by atoms with Crippen LogP contribution in [0.5, 0.6) is 0 Å². The van der Waals surface area contributed by atoms with E-state index < -0.39 is 0 Å². The molecule has 9 heavy (non-hydrogen) atoms.